The number of ether oxygens (including phenoxy) is 1. The third kappa shape index (κ3) is 3.44. The van der Waals surface area contributed by atoms with Gasteiger partial charge in [0.25, 0.3) is 0 Å². The van der Waals surface area contributed by atoms with Gasteiger partial charge in [-0.05, 0) is 40.0 Å². The van der Waals surface area contributed by atoms with Crippen LogP contribution in [0.5, 0.6) is 0 Å². The normalized spacial score (nSPS) is 32.6. The van der Waals surface area contributed by atoms with Crippen molar-refractivity contribution in [1.29, 1.82) is 0 Å². The van der Waals surface area contributed by atoms with Crippen LogP contribution in [0.25, 0.3) is 0 Å². The van der Waals surface area contributed by atoms with Crippen LogP contribution in [0.3, 0.4) is 0 Å². The van der Waals surface area contributed by atoms with Gasteiger partial charge < -0.3 is 15.8 Å². The van der Waals surface area contributed by atoms with Crippen LogP contribution in [-0.4, -0.2) is 30.3 Å². The molecule has 0 radical (unpaired) electrons. The standard InChI is InChI=1S/C12H26N2O/c1-5-10(2)14-12(9-13)6-7-15-11(3,4)8-12/h10,14H,5-9,13H2,1-4H3. The van der Waals surface area contributed by atoms with Crippen LogP contribution in [-0.2, 0) is 4.74 Å². The molecule has 90 valence electrons. The first-order chi connectivity index (χ1) is 6.93. The maximum absolute atomic E-state index is 5.94. The molecule has 1 aliphatic rings. The van der Waals surface area contributed by atoms with E-state index >= 15 is 0 Å². The Labute approximate surface area is 93.8 Å². The number of hydrogen-bond donors (Lipinski definition) is 2. The average Bonchev–Trinajstić information content (AvgIpc) is 2.16. The largest absolute Gasteiger partial charge is 0.375 e. The van der Waals surface area contributed by atoms with Crippen molar-refractivity contribution in [3.05, 3.63) is 0 Å². The molecule has 0 spiro atoms. The van der Waals surface area contributed by atoms with Crippen molar-refractivity contribution in [2.75, 3.05) is 13.2 Å². The molecule has 1 saturated heterocycles. The Kier molecular flexibility index (Phi) is 4.15. The highest BCUT2D eigenvalue weighted by atomic mass is 16.5. The van der Waals surface area contributed by atoms with Gasteiger partial charge in [-0.15, -0.1) is 0 Å². The molecule has 0 aromatic carbocycles. The summed E-state index contributed by atoms with van der Waals surface area (Å²) in [6, 6.07) is 0.530. The average molecular weight is 214 g/mol. The quantitative estimate of drug-likeness (QED) is 0.748. The molecule has 0 aliphatic carbocycles. The first kappa shape index (κ1) is 12.9. The number of hydrogen-bond acceptors (Lipinski definition) is 3. The first-order valence-electron chi connectivity index (χ1n) is 6.05. The van der Waals surface area contributed by atoms with Crippen molar-refractivity contribution in [1.82, 2.24) is 5.32 Å². The van der Waals surface area contributed by atoms with Crippen molar-refractivity contribution in [2.45, 2.75) is 64.1 Å². The van der Waals surface area contributed by atoms with Crippen LogP contribution in [0.1, 0.15) is 47.0 Å². The maximum Gasteiger partial charge on any atom is 0.0644 e. The third-order valence-electron chi connectivity index (χ3n) is 3.39. The monoisotopic (exact) mass is 214 g/mol. The van der Waals surface area contributed by atoms with Crippen molar-refractivity contribution in [2.24, 2.45) is 5.73 Å². The van der Waals surface area contributed by atoms with Crippen LogP contribution in [0.4, 0.5) is 0 Å². The topological polar surface area (TPSA) is 47.3 Å². The summed E-state index contributed by atoms with van der Waals surface area (Å²) >= 11 is 0. The highest BCUT2D eigenvalue weighted by Gasteiger charge is 2.40. The van der Waals surface area contributed by atoms with E-state index in [2.05, 4.69) is 33.0 Å². The molecule has 3 N–H and O–H groups in total. The van der Waals surface area contributed by atoms with E-state index in [1.165, 1.54) is 0 Å². The molecule has 0 saturated carbocycles. The zero-order valence-electron chi connectivity index (χ0n) is 10.6. The molecule has 0 aromatic heterocycles. The molecule has 2 unspecified atom stereocenters. The van der Waals surface area contributed by atoms with Gasteiger partial charge in [-0.25, -0.2) is 0 Å². The minimum absolute atomic E-state index is 0.0436. The summed E-state index contributed by atoms with van der Waals surface area (Å²) in [5.41, 5.74) is 5.98. The van der Waals surface area contributed by atoms with Crippen LogP contribution in [0, 0.1) is 0 Å². The zero-order chi connectivity index (χ0) is 11.5. The van der Waals surface area contributed by atoms with E-state index in [0.717, 1.165) is 25.9 Å². The first-order valence-corrected chi connectivity index (χ1v) is 6.05. The summed E-state index contributed by atoms with van der Waals surface area (Å²) in [5, 5.41) is 3.68. The fraction of sp³-hybridized carbons (Fsp3) is 1.00. The van der Waals surface area contributed by atoms with Gasteiger partial charge in [-0.3, -0.25) is 0 Å². The second-order valence-corrected chi connectivity index (χ2v) is 5.47. The van der Waals surface area contributed by atoms with E-state index in [9.17, 15) is 0 Å². The van der Waals surface area contributed by atoms with Gasteiger partial charge in [0, 0.05) is 24.7 Å². The lowest BCUT2D eigenvalue weighted by Gasteiger charge is -2.46. The summed E-state index contributed by atoms with van der Waals surface area (Å²) in [7, 11) is 0. The van der Waals surface area contributed by atoms with Gasteiger partial charge in [0.2, 0.25) is 0 Å². The molecule has 1 rings (SSSR count). The smallest absolute Gasteiger partial charge is 0.0644 e. The molecular weight excluding hydrogens is 188 g/mol. The van der Waals surface area contributed by atoms with E-state index in [4.69, 9.17) is 10.5 Å². The lowest BCUT2D eigenvalue weighted by atomic mass is 9.80. The summed E-state index contributed by atoms with van der Waals surface area (Å²) in [6.07, 6.45) is 3.17. The van der Waals surface area contributed by atoms with Gasteiger partial charge in [-0.1, -0.05) is 6.92 Å². The molecule has 1 heterocycles. The van der Waals surface area contributed by atoms with Gasteiger partial charge in [0.1, 0.15) is 0 Å². The highest BCUT2D eigenvalue weighted by molar-refractivity contribution is 4.98. The van der Waals surface area contributed by atoms with Crippen LogP contribution in [0.15, 0.2) is 0 Å². The SMILES string of the molecule is CCC(C)NC1(CN)CCOC(C)(C)C1. The van der Waals surface area contributed by atoms with E-state index < -0.39 is 0 Å². The van der Waals surface area contributed by atoms with Gasteiger partial charge >= 0.3 is 0 Å². The molecule has 2 atom stereocenters. The van der Waals surface area contributed by atoms with Gasteiger partial charge in [-0.2, -0.15) is 0 Å². The highest BCUT2D eigenvalue weighted by Crippen LogP contribution is 2.31. The van der Waals surface area contributed by atoms with E-state index in [1.54, 1.807) is 0 Å². The van der Waals surface area contributed by atoms with E-state index in [0.29, 0.717) is 12.6 Å². The minimum Gasteiger partial charge on any atom is -0.375 e. The van der Waals surface area contributed by atoms with E-state index in [-0.39, 0.29) is 11.1 Å². The molecular formula is C12H26N2O. The minimum atomic E-state index is -0.0436. The third-order valence-corrected chi connectivity index (χ3v) is 3.39. The van der Waals surface area contributed by atoms with Crippen LogP contribution < -0.4 is 11.1 Å². The van der Waals surface area contributed by atoms with Crippen molar-refractivity contribution >= 4 is 0 Å². The Morgan fingerprint density at radius 3 is 2.60 bits per heavy atom. The maximum atomic E-state index is 5.94. The predicted molar refractivity (Wildman–Crippen MR) is 63.9 cm³/mol. The van der Waals surface area contributed by atoms with Crippen molar-refractivity contribution in [3.63, 3.8) is 0 Å². The Morgan fingerprint density at radius 1 is 1.47 bits per heavy atom. The van der Waals surface area contributed by atoms with Gasteiger partial charge in [0.15, 0.2) is 0 Å². The molecule has 1 fully saturated rings. The Balaban J connectivity index is 2.66. The molecule has 1 aliphatic heterocycles. The number of nitrogens with two attached hydrogens (primary N) is 1. The lowest BCUT2D eigenvalue weighted by Crippen LogP contribution is -2.60. The molecule has 15 heavy (non-hydrogen) atoms. The second-order valence-electron chi connectivity index (χ2n) is 5.47. The summed E-state index contributed by atoms with van der Waals surface area (Å²) in [6.45, 7) is 10.2. The number of nitrogens with one attached hydrogen (secondary N) is 1. The second kappa shape index (κ2) is 4.81. The Bertz CT molecular complexity index is 206. The van der Waals surface area contributed by atoms with Crippen LogP contribution in [0.2, 0.25) is 0 Å². The Morgan fingerprint density at radius 2 is 2.13 bits per heavy atom. The fourth-order valence-electron chi connectivity index (χ4n) is 2.46. The molecule has 0 bridgehead atoms. The van der Waals surface area contributed by atoms with Crippen molar-refractivity contribution in [3.8, 4) is 0 Å². The summed E-state index contributed by atoms with van der Waals surface area (Å²) < 4.78 is 5.74. The van der Waals surface area contributed by atoms with Crippen molar-refractivity contribution < 1.29 is 4.74 Å². The molecule has 0 aromatic rings. The predicted octanol–water partition coefficient (Wildman–Crippen LogP) is 1.66. The lowest BCUT2D eigenvalue weighted by molar-refractivity contribution is -0.0875. The molecule has 3 nitrogen and oxygen atoms in total. The van der Waals surface area contributed by atoms with E-state index in [1.807, 2.05) is 0 Å². The fourth-order valence-corrected chi connectivity index (χ4v) is 2.46. The Hall–Kier alpha value is -0.120. The summed E-state index contributed by atoms with van der Waals surface area (Å²) in [4.78, 5) is 0. The molecule has 3 heteroatoms. The number of rotatable bonds is 4. The van der Waals surface area contributed by atoms with Gasteiger partial charge in [0.05, 0.1) is 5.60 Å². The van der Waals surface area contributed by atoms with Crippen LogP contribution >= 0.6 is 0 Å². The zero-order valence-corrected chi connectivity index (χ0v) is 10.6. The molecule has 0 amide bonds. The summed E-state index contributed by atoms with van der Waals surface area (Å²) in [5.74, 6) is 0.